The monoisotopic (exact) mass is 266 g/mol. The molecule has 2 rings (SSSR count). The molecule has 1 atom stereocenters. The van der Waals surface area contributed by atoms with E-state index >= 15 is 0 Å². The van der Waals surface area contributed by atoms with E-state index in [1.165, 1.54) is 4.90 Å². The summed E-state index contributed by atoms with van der Waals surface area (Å²) in [5.74, 6) is -0.103. The lowest BCUT2D eigenvalue weighted by molar-refractivity contribution is -0.150. The van der Waals surface area contributed by atoms with Crippen LogP contribution in [0.4, 0.5) is 0 Å². The third-order valence-corrected chi connectivity index (χ3v) is 3.24. The van der Waals surface area contributed by atoms with Gasteiger partial charge in [-0.3, -0.25) is 4.79 Å². The lowest BCUT2D eigenvalue weighted by atomic mass is 9.95. The van der Waals surface area contributed by atoms with Gasteiger partial charge < -0.3 is 9.74 Å². The van der Waals surface area contributed by atoms with Crippen molar-refractivity contribution in [1.82, 2.24) is 4.90 Å². The first-order valence-corrected chi connectivity index (χ1v) is 6.03. The molecular weight excluding hydrogens is 252 g/mol. The second-order valence-corrected chi connectivity index (χ2v) is 5.12. The van der Waals surface area contributed by atoms with E-state index in [2.05, 4.69) is 5.16 Å². The molecule has 1 amide bonds. The molecule has 0 saturated heterocycles. The summed E-state index contributed by atoms with van der Waals surface area (Å²) in [6.07, 6.45) is 0.424. The lowest BCUT2D eigenvalue weighted by Gasteiger charge is -2.23. The quantitative estimate of drug-likeness (QED) is 0.824. The smallest absolute Gasteiger partial charge is 0.269 e. The standard InChI is InChI=1S/C13H15ClN2O2/c1-13(12(17)16(2)3)8-11(15-18-13)9-6-4-5-7-10(9)14/h4-7H,8H2,1-3H3/t13-/m1/s1. The van der Waals surface area contributed by atoms with Gasteiger partial charge in [-0.15, -0.1) is 0 Å². The molecule has 0 bridgehead atoms. The van der Waals surface area contributed by atoms with Crippen molar-refractivity contribution >= 4 is 23.2 Å². The Balaban J connectivity index is 2.23. The highest BCUT2D eigenvalue weighted by Crippen LogP contribution is 2.30. The van der Waals surface area contributed by atoms with Crippen molar-refractivity contribution in [3.8, 4) is 0 Å². The van der Waals surface area contributed by atoms with Gasteiger partial charge in [-0.2, -0.15) is 0 Å². The second-order valence-electron chi connectivity index (χ2n) is 4.72. The number of carbonyl (C=O) groups excluding carboxylic acids is 1. The minimum Gasteiger partial charge on any atom is -0.379 e. The summed E-state index contributed by atoms with van der Waals surface area (Å²) in [6, 6.07) is 7.40. The number of rotatable bonds is 2. The van der Waals surface area contributed by atoms with E-state index in [4.69, 9.17) is 16.4 Å². The fourth-order valence-electron chi connectivity index (χ4n) is 1.97. The normalized spacial score (nSPS) is 22.3. The van der Waals surface area contributed by atoms with Crippen LogP contribution >= 0.6 is 11.6 Å². The van der Waals surface area contributed by atoms with Crippen LogP contribution in [0.25, 0.3) is 0 Å². The highest BCUT2D eigenvalue weighted by atomic mass is 35.5. The van der Waals surface area contributed by atoms with Crippen molar-refractivity contribution in [2.45, 2.75) is 18.9 Å². The number of amides is 1. The van der Waals surface area contributed by atoms with E-state index in [0.717, 1.165) is 5.56 Å². The topological polar surface area (TPSA) is 41.9 Å². The van der Waals surface area contributed by atoms with E-state index in [0.29, 0.717) is 17.2 Å². The molecule has 1 aromatic rings. The van der Waals surface area contributed by atoms with Gasteiger partial charge in [-0.1, -0.05) is 35.0 Å². The largest absolute Gasteiger partial charge is 0.379 e. The molecule has 1 heterocycles. The van der Waals surface area contributed by atoms with Crippen molar-refractivity contribution in [1.29, 1.82) is 0 Å². The molecule has 5 heteroatoms. The van der Waals surface area contributed by atoms with Gasteiger partial charge in [0, 0.05) is 31.1 Å². The summed E-state index contributed by atoms with van der Waals surface area (Å²) >= 11 is 6.11. The summed E-state index contributed by atoms with van der Waals surface area (Å²) in [4.78, 5) is 18.9. The Morgan fingerprint density at radius 3 is 2.72 bits per heavy atom. The number of likely N-dealkylation sites (N-methyl/N-ethyl adjacent to an activating group) is 1. The van der Waals surface area contributed by atoms with Crippen LogP contribution in [-0.2, 0) is 9.63 Å². The van der Waals surface area contributed by atoms with Crippen molar-refractivity contribution in [2.75, 3.05) is 14.1 Å². The number of hydrogen-bond acceptors (Lipinski definition) is 3. The lowest BCUT2D eigenvalue weighted by Crippen LogP contribution is -2.44. The molecular formula is C13H15ClN2O2. The van der Waals surface area contributed by atoms with Gasteiger partial charge in [0.2, 0.25) is 5.60 Å². The molecule has 0 radical (unpaired) electrons. The molecule has 0 fully saturated rings. The maximum Gasteiger partial charge on any atom is 0.269 e. The first-order chi connectivity index (χ1) is 8.44. The minimum absolute atomic E-state index is 0.103. The Morgan fingerprint density at radius 1 is 1.44 bits per heavy atom. The molecule has 96 valence electrons. The maximum atomic E-state index is 12.0. The third-order valence-electron chi connectivity index (χ3n) is 2.91. The molecule has 18 heavy (non-hydrogen) atoms. The third kappa shape index (κ3) is 2.20. The van der Waals surface area contributed by atoms with Gasteiger partial charge in [0.15, 0.2) is 0 Å². The molecule has 4 nitrogen and oxygen atoms in total. The van der Waals surface area contributed by atoms with E-state index < -0.39 is 5.60 Å². The van der Waals surface area contributed by atoms with Crippen molar-refractivity contribution in [3.63, 3.8) is 0 Å². The highest BCUT2D eigenvalue weighted by Gasteiger charge is 2.43. The van der Waals surface area contributed by atoms with Crippen LogP contribution in [0.5, 0.6) is 0 Å². The summed E-state index contributed by atoms with van der Waals surface area (Å²) in [6.45, 7) is 1.74. The fourth-order valence-corrected chi connectivity index (χ4v) is 2.21. The number of oxime groups is 1. The molecule has 0 saturated carbocycles. The number of carbonyl (C=O) groups is 1. The summed E-state index contributed by atoms with van der Waals surface area (Å²) < 4.78 is 0. The van der Waals surface area contributed by atoms with Crippen LogP contribution in [0.3, 0.4) is 0 Å². The molecule has 0 N–H and O–H groups in total. The average molecular weight is 267 g/mol. The zero-order valence-electron chi connectivity index (χ0n) is 10.6. The van der Waals surface area contributed by atoms with Gasteiger partial charge >= 0.3 is 0 Å². The Hall–Kier alpha value is -1.55. The zero-order chi connectivity index (χ0) is 13.3. The van der Waals surface area contributed by atoms with E-state index in [1.807, 2.05) is 18.2 Å². The van der Waals surface area contributed by atoms with Crippen LogP contribution in [0.1, 0.15) is 18.9 Å². The molecule has 0 aromatic heterocycles. The molecule has 0 unspecified atom stereocenters. The van der Waals surface area contributed by atoms with Crippen LogP contribution in [0, 0.1) is 0 Å². The van der Waals surface area contributed by atoms with E-state index in [9.17, 15) is 4.79 Å². The molecule has 1 aliphatic rings. The molecule has 0 spiro atoms. The van der Waals surface area contributed by atoms with Crippen LogP contribution in [0.15, 0.2) is 29.4 Å². The molecule has 1 aliphatic heterocycles. The van der Waals surface area contributed by atoms with Gasteiger partial charge in [-0.05, 0) is 13.0 Å². The molecule has 1 aromatic carbocycles. The number of hydrogen-bond donors (Lipinski definition) is 0. The number of benzene rings is 1. The minimum atomic E-state index is -0.933. The Labute approximate surface area is 111 Å². The van der Waals surface area contributed by atoms with Gasteiger partial charge in [0.1, 0.15) is 0 Å². The first kappa shape index (κ1) is 12.9. The molecule has 0 aliphatic carbocycles. The SMILES string of the molecule is CN(C)C(=O)[C@@]1(C)CC(c2ccccc2Cl)=NO1. The predicted molar refractivity (Wildman–Crippen MR) is 70.8 cm³/mol. The Morgan fingerprint density at radius 2 is 2.11 bits per heavy atom. The fraction of sp³-hybridized carbons (Fsp3) is 0.385. The highest BCUT2D eigenvalue weighted by molar-refractivity contribution is 6.34. The van der Waals surface area contributed by atoms with Crippen LogP contribution in [0.2, 0.25) is 5.02 Å². The average Bonchev–Trinajstić information content (AvgIpc) is 2.72. The second kappa shape index (κ2) is 4.61. The summed E-state index contributed by atoms with van der Waals surface area (Å²) in [7, 11) is 3.40. The summed E-state index contributed by atoms with van der Waals surface area (Å²) in [5, 5.41) is 4.62. The Kier molecular flexibility index (Phi) is 3.30. The van der Waals surface area contributed by atoms with Gasteiger partial charge in [0.25, 0.3) is 5.91 Å². The Bertz CT molecular complexity index is 513. The van der Waals surface area contributed by atoms with Crippen LogP contribution in [-0.4, -0.2) is 36.2 Å². The zero-order valence-corrected chi connectivity index (χ0v) is 11.4. The van der Waals surface area contributed by atoms with E-state index in [1.54, 1.807) is 27.1 Å². The van der Waals surface area contributed by atoms with Crippen molar-refractivity contribution in [2.24, 2.45) is 5.16 Å². The van der Waals surface area contributed by atoms with Crippen molar-refractivity contribution < 1.29 is 9.63 Å². The number of halogens is 1. The maximum absolute atomic E-state index is 12.0. The van der Waals surface area contributed by atoms with Crippen LogP contribution < -0.4 is 0 Å². The number of nitrogens with zero attached hydrogens (tertiary/aromatic N) is 2. The van der Waals surface area contributed by atoms with Gasteiger partial charge in [0.05, 0.1) is 5.71 Å². The van der Waals surface area contributed by atoms with Gasteiger partial charge in [-0.25, -0.2) is 0 Å². The predicted octanol–water partition coefficient (Wildman–Crippen LogP) is 2.31. The van der Waals surface area contributed by atoms with Crippen molar-refractivity contribution in [3.05, 3.63) is 34.9 Å². The summed E-state index contributed by atoms with van der Waals surface area (Å²) in [5.41, 5.74) is 0.589. The van der Waals surface area contributed by atoms with E-state index in [-0.39, 0.29) is 5.91 Å². The first-order valence-electron chi connectivity index (χ1n) is 5.66.